The molecule has 7 nitrogen and oxygen atoms in total. The second-order valence-corrected chi connectivity index (χ2v) is 7.14. The van der Waals surface area contributed by atoms with E-state index in [0.717, 1.165) is 48.4 Å². The predicted octanol–water partition coefficient (Wildman–Crippen LogP) is 1.22. The maximum Gasteiger partial charge on any atom is 0.337 e. The lowest BCUT2D eigenvalue weighted by atomic mass is 9.79. The van der Waals surface area contributed by atoms with Crippen LogP contribution >= 0.6 is 0 Å². The van der Waals surface area contributed by atoms with E-state index in [0.29, 0.717) is 5.57 Å². The molecule has 1 N–H and O–H groups in total. The molecule has 0 saturated heterocycles. The molecule has 0 atom stereocenters. The fraction of sp³-hybridized carbons (Fsp3) is 0.619. The number of carbonyl (C=O) groups excluding carboxylic acids is 1. The molecule has 1 fully saturated rings. The van der Waals surface area contributed by atoms with Gasteiger partial charge in [0.1, 0.15) is 0 Å². The summed E-state index contributed by atoms with van der Waals surface area (Å²) < 4.78 is 18.0. The van der Waals surface area contributed by atoms with Crippen LogP contribution in [0.5, 0.6) is 0 Å². The summed E-state index contributed by atoms with van der Waals surface area (Å²) in [5.41, 5.74) is 1.62. The monoisotopic (exact) mass is 391 g/mol. The van der Waals surface area contributed by atoms with Crippen molar-refractivity contribution in [3.05, 3.63) is 27.9 Å². The van der Waals surface area contributed by atoms with Crippen molar-refractivity contribution in [2.45, 2.75) is 45.3 Å². The molecule has 1 aliphatic rings. The molecule has 0 radical (unpaired) electrons. The second kappa shape index (κ2) is 9.89. The first-order valence-corrected chi connectivity index (χ1v) is 9.74. The van der Waals surface area contributed by atoms with Gasteiger partial charge >= 0.3 is 5.97 Å². The van der Waals surface area contributed by atoms with E-state index in [1.807, 2.05) is 33.2 Å². The van der Waals surface area contributed by atoms with E-state index in [-0.39, 0.29) is 11.9 Å². The lowest BCUT2D eigenvalue weighted by molar-refractivity contribution is -0.226. The van der Waals surface area contributed by atoms with E-state index in [1.165, 1.54) is 7.11 Å². The summed E-state index contributed by atoms with van der Waals surface area (Å²) in [6, 6.07) is 0. The third kappa shape index (κ3) is 4.83. The normalized spacial score (nSPS) is 19.5. The van der Waals surface area contributed by atoms with Crippen molar-refractivity contribution in [2.75, 3.05) is 27.9 Å². The van der Waals surface area contributed by atoms with Crippen molar-refractivity contribution in [3.8, 4) is 0 Å². The molecular formula is C21H33N3O4. The fourth-order valence-electron chi connectivity index (χ4n) is 3.75. The number of hydrogen-bond acceptors (Lipinski definition) is 6. The van der Waals surface area contributed by atoms with Crippen molar-refractivity contribution in [3.63, 3.8) is 0 Å². The molecule has 0 unspecified atom stereocenters. The number of ether oxygens (including phenoxy) is 3. The molecule has 7 heteroatoms. The van der Waals surface area contributed by atoms with E-state index in [1.54, 1.807) is 25.1 Å². The Morgan fingerprint density at radius 2 is 1.96 bits per heavy atom. The molecule has 1 aliphatic carbocycles. The van der Waals surface area contributed by atoms with Crippen LogP contribution in [-0.4, -0.2) is 49.4 Å². The quantitative estimate of drug-likeness (QED) is 0.428. The lowest BCUT2D eigenvalue weighted by Gasteiger charge is -2.38. The number of nitrogens with zero attached hydrogens (tertiary/aromatic N) is 2. The topological polar surface area (TPSA) is 74.6 Å². The van der Waals surface area contributed by atoms with Gasteiger partial charge in [0.2, 0.25) is 0 Å². The number of nitrogens with one attached hydrogen (secondary N) is 1. The van der Waals surface area contributed by atoms with Crippen LogP contribution in [0.25, 0.3) is 12.3 Å². The van der Waals surface area contributed by atoms with Crippen LogP contribution in [0, 0.1) is 5.92 Å². The number of rotatable bonds is 7. The minimum Gasteiger partial charge on any atom is -0.465 e. The van der Waals surface area contributed by atoms with Crippen molar-refractivity contribution in [1.29, 1.82) is 0 Å². The van der Waals surface area contributed by atoms with Crippen LogP contribution in [0.15, 0.2) is 17.3 Å². The summed E-state index contributed by atoms with van der Waals surface area (Å²) in [5.74, 6) is -0.566. The van der Waals surface area contributed by atoms with Gasteiger partial charge in [-0.3, -0.25) is 4.68 Å². The number of esters is 1. The summed E-state index contributed by atoms with van der Waals surface area (Å²) in [6.07, 6.45) is 8.95. The van der Waals surface area contributed by atoms with Crippen LogP contribution in [0.4, 0.5) is 0 Å². The number of aryl methyl sites for hydroxylation is 1. The molecule has 0 aliphatic heterocycles. The third-order valence-electron chi connectivity index (χ3n) is 5.69. The Bertz CT molecular complexity index is 811. The van der Waals surface area contributed by atoms with E-state index in [9.17, 15) is 4.79 Å². The zero-order chi connectivity index (χ0) is 20.7. The average Bonchev–Trinajstić information content (AvgIpc) is 3.08. The first kappa shape index (κ1) is 22.2. The zero-order valence-electron chi connectivity index (χ0n) is 17.9. The summed E-state index contributed by atoms with van der Waals surface area (Å²) in [5, 5.41) is 9.31. The number of carbonyl (C=O) groups is 1. The Balaban J connectivity index is 2.45. The highest BCUT2D eigenvalue weighted by Crippen LogP contribution is 2.39. The van der Waals surface area contributed by atoms with Gasteiger partial charge in [0.25, 0.3) is 0 Å². The number of hydrogen-bond donors (Lipinski definition) is 1. The third-order valence-corrected chi connectivity index (χ3v) is 5.69. The predicted molar refractivity (Wildman–Crippen MR) is 108 cm³/mol. The largest absolute Gasteiger partial charge is 0.465 e. The molecule has 28 heavy (non-hydrogen) atoms. The Labute approximate surface area is 167 Å². The summed E-state index contributed by atoms with van der Waals surface area (Å²) in [7, 11) is 6.65. The summed E-state index contributed by atoms with van der Waals surface area (Å²) in [4.78, 5) is 12.6. The smallest absolute Gasteiger partial charge is 0.337 e. The highest BCUT2D eigenvalue weighted by Gasteiger charge is 2.36. The fourth-order valence-corrected chi connectivity index (χ4v) is 3.75. The molecule has 1 aromatic heterocycles. The van der Waals surface area contributed by atoms with Gasteiger partial charge in [0.05, 0.1) is 24.2 Å². The first-order valence-electron chi connectivity index (χ1n) is 9.74. The minimum atomic E-state index is -0.512. The summed E-state index contributed by atoms with van der Waals surface area (Å²) in [6.45, 7) is 4.86. The van der Waals surface area contributed by atoms with Crippen molar-refractivity contribution in [2.24, 2.45) is 13.0 Å². The molecule has 1 heterocycles. The van der Waals surface area contributed by atoms with Gasteiger partial charge < -0.3 is 19.5 Å². The van der Waals surface area contributed by atoms with Crippen LogP contribution < -0.4 is 15.9 Å². The van der Waals surface area contributed by atoms with Crippen molar-refractivity contribution < 1.29 is 19.0 Å². The number of aromatic nitrogens is 2. The van der Waals surface area contributed by atoms with Gasteiger partial charge in [-0.15, -0.1) is 0 Å². The van der Waals surface area contributed by atoms with Crippen molar-refractivity contribution >= 4 is 18.2 Å². The Morgan fingerprint density at radius 3 is 2.50 bits per heavy atom. The Morgan fingerprint density at radius 1 is 1.32 bits per heavy atom. The lowest BCUT2D eigenvalue weighted by Crippen LogP contribution is -2.38. The van der Waals surface area contributed by atoms with Gasteiger partial charge in [-0.05, 0) is 38.7 Å². The number of allylic oxidation sites excluding steroid dienone is 1. The van der Waals surface area contributed by atoms with E-state index in [2.05, 4.69) is 10.4 Å². The average molecular weight is 392 g/mol. The van der Waals surface area contributed by atoms with Crippen LogP contribution in [-0.2, 0) is 26.1 Å². The molecule has 0 amide bonds. The number of methoxy groups -OCH3 is 3. The Hall–Kier alpha value is -2.12. The minimum absolute atomic E-state index is 0.276. The SMILES string of the molecule is CCN\C=c1/cnn(C)/c1=C/C(C(=O)OC)=C(/C)C1CCC(OC)(OC)CC1. The maximum absolute atomic E-state index is 12.6. The molecule has 0 aromatic carbocycles. The standard InChI is InChI=1S/C21H33N3O4/c1-7-22-13-17-14-23-24(3)19(17)12-18(20(25)26-4)15(2)16-8-10-21(27-5,28-6)11-9-16/h12-14,16,22H,7-11H2,1-6H3/b17-13+,18-15+,19-12+. The Kier molecular flexibility index (Phi) is 7.83. The van der Waals surface area contributed by atoms with Crippen LogP contribution in [0.2, 0.25) is 0 Å². The maximum atomic E-state index is 12.6. The molecule has 0 bridgehead atoms. The molecule has 0 spiro atoms. The van der Waals surface area contributed by atoms with Crippen LogP contribution in [0.3, 0.4) is 0 Å². The van der Waals surface area contributed by atoms with Gasteiger partial charge in [0, 0.05) is 52.1 Å². The highest BCUT2D eigenvalue weighted by molar-refractivity contribution is 5.98. The summed E-state index contributed by atoms with van der Waals surface area (Å²) >= 11 is 0. The van der Waals surface area contributed by atoms with E-state index < -0.39 is 5.79 Å². The van der Waals surface area contributed by atoms with Gasteiger partial charge in [-0.1, -0.05) is 5.57 Å². The van der Waals surface area contributed by atoms with Crippen molar-refractivity contribution in [1.82, 2.24) is 15.1 Å². The molecule has 1 aromatic rings. The second-order valence-electron chi connectivity index (χ2n) is 7.14. The molecule has 156 valence electrons. The molecule has 1 saturated carbocycles. The zero-order valence-corrected chi connectivity index (χ0v) is 17.9. The highest BCUT2D eigenvalue weighted by atomic mass is 16.7. The van der Waals surface area contributed by atoms with E-state index >= 15 is 0 Å². The van der Waals surface area contributed by atoms with Gasteiger partial charge in [0.15, 0.2) is 5.79 Å². The van der Waals surface area contributed by atoms with Gasteiger partial charge in [-0.25, -0.2) is 4.79 Å². The first-order chi connectivity index (χ1) is 13.4. The van der Waals surface area contributed by atoms with E-state index in [4.69, 9.17) is 14.2 Å². The molecule has 2 rings (SSSR count). The van der Waals surface area contributed by atoms with Crippen LogP contribution in [0.1, 0.15) is 39.5 Å². The molecular weight excluding hydrogens is 358 g/mol. The van der Waals surface area contributed by atoms with Gasteiger partial charge in [-0.2, -0.15) is 5.10 Å².